The van der Waals surface area contributed by atoms with Crippen molar-refractivity contribution in [2.24, 2.45) is 0 Å². The molecule has 0 aliphatic carbocycles. The standard InChI is InChI=1S/C7H13O2Si/c1-7(2)8-6-4-3-5-10(6)9-7/h6H,3-5H2,1-2H3. The fourth-order valence-electron chi connectivity index (χ4n) is 1.71. The highest BCUT2D eigenvalue weighted by molar-refractivity contribution is 6.54. The van der Waals surface area contributed by atoms with Gasteiger partial charge in [-0.1, -0.05) is 6.42 Å². The molecule has 57 valence electrons. The van der Waals surface area contributed by atoms with Crippen LogP contribution in [0.3, 0.4) is 0 Å². The third-order valence-electron chi connectivity index (χ3n) is 2.05. The lowest BCUT2D eigenvalue weighted by Crippen LogP contribution is -2.22. The largest absolute Gasteiger partial charge is 0.387 e. The Balaban J connectivity index is 2.07. The zero-order valence-corrected chi connectivity index (χ0v) is 7.52. The summed E-state index contributed by atoms with van der Waals surface area (Å²) in [6.07, 6.45) is 2.55. The predicted molar refractivity (Wildman–Crippen MR) is 39.8 cm³/mol. The van der Waals surface area contributed by atoms with Crippen LogP contribution in [-0.2, 0) is 9.16 Å². The molecule has 0 saturated carbocycles. The summed E-state index contributed by atoms with van der Waals surface area (Å²) in [6.45, 7) is 4.03. The number of ether oxygens (including phenoxy) is 1. The Kier molecular flexibility index (Phi) is 1.41. The number of hydrogen-bond donors (Lipinski definition) is 0. The van der Waals surface area contributed by atoms with Gasteiger partial charge in [0.1, 0.15) is 0 Å². The average molecular weight is 157 g/mol. The highest BCUT2D eigenvalue weighted by atomic mass is 28.3. The molecule has 2 aliphatic rings. The molecule has 1 unspecified atom stereocenters. The summed E-state index contributed by atoms with van der Waals surface area (Å²) in [5, 5.41) is 0. The lowest BCUT2D eigenvalue weighted by Gasteiger charge is -2.18. The summed E-state index contributed by atoms with van der Waals surface area (Å²) < 4.78 is 11.4. The van der Waals surface area contributed by atoms with Gasteiger partial charge in [-0.2, -0.15) is 0 Å². The Morgan fingerprint density at radius 1 is 1.50 bits per heavy atom. The fourth-order valence-corrected chi connectivity index (χ4v) is 4.44. The number of rotatable bonds is 0. The van der Waals surface area contributed by atoms with Gasteiger partial charge in [0.2, 0.25) is 9.04 Å². The second-order valence-electron chi connectivity index (χ2n) is 3.47. The molecule has 1 atom stereocenters. The Morgan fingerprint density at radius 2 is 2.30 bits per heavy atom. The van der Waals surface area contributed by atoms with E-state index in [0.29, 0.717) is 5.73 Å². The van der Waals surface area contributed by atoms with Crippen LogP contribution < -0.4 is 0 Å². The van der Waals surface area contributed by atoms with E-state index in [0.717, 1.165) is 0 Å². The first-order valence-corrected chi connectivity index (χ1v) is 5.59. The molecular formula is C7H13O2Si. The number of hydrogen-bond acceptors (Lipinski definition) is 2. The highest BCUT2D eigenvalue weighted by Gasteiger charge is 2.45. The minimum atomic E-state index is -0.547. The molecule has 3 heteroatoms. The van der Waals surface area contributed by atoms with Crippen molar-refractivity contribution in [2.45, 2.75) is 44.2 Å². The number of fused-ring (bicyclic) bond motifs is 1. The molecule has 2 nitrogen and oxygen atoms in total. The molecule has 0 bridgehead atoms. The minimum Gasteiger partial charge on any atom is -0.387 e. The minimum absolute atomic E-state index is 0.265. The van der Waals surface area contributed by atoms with Crippen LogP contribution in [0, 0.1) is 0 Å². The Hall–Kier alpha value is 0.137. The van der Waals surface area contributed by atoms with Gasteiger partial charge in [0.15, 0.2) is 5.79 Å². The molecular weight excluding hydrogens is 144 g/mol. The molecule has 0 aromatic carbocycles. The van der Waals surface area contributed by atoms with Crippen LogP contribution in [0.1, 0.15) is 26.7 Å². The van der Waals surface area contributed by atoms with E-state index in [2.05, 4.69) is 0 Å². The summed E-state index contributed by atoms with van der Waals surface area (Å²) in [7, 11) is -0.547. The third-order valence-corrected chi connectivity index (χ3v) is 4.78. The van der Waals surface area contributed by atoms with Gasteiger partial charge in [-0.3, -0.25) is 0 Å². The van der Waals surface area contributed by atoms with E-state index in [1.807, 2.05) is 13.8 Å². The van der Waals surface area contributed by atoms with E-state index in [1.54, 1.807) is 0 Å². The van der Waals surface area contributed by atoms with Crippen LogP contribution in [-0.4, -0.2) is 20.6 Å². The zero-order chi connectivity index (χ0) is 7.19. The third kappa shape index (κ3) is 1.02. The smallest absolute Gasteiger partial charge is 0.245 e. The summed E-state index contributed by atoms with van der Waals surface area (Å²) >= 11 is 0. The van der Waals surface area contributed by atoms with E-state index in [9.17, 15) is 0 Å². The normalized spacial score (nSPS) is 38.4. The van der Waals surface area contributed by atoms with Gasteiger partial charge in [-0.15, -0.1) is 0 Å². The molecule has 0 spiro atoms. The quantitative estimate of drug-likeness (QED) is 0.496. The van der Waals surface area contributed by atoms with Crippen LogP contribution in [0.4, 0.5) is 0 Å². The van der Waals surface area contributed by atoms with Gasteiger partial charge < -0.3 is 9.16 Å². The van der Waals surface area contributed by atoms with Crippen molar-refractivity contribution in [3.63, 3.8) is 0 Å². The van der Waals surface area contributed by atoms with E-state index < -0.39 is 9.04 Å². The molecule has 2 rings (SSSR count). The van der Waals surface area contributed by atoms with Gasteiger partial charge in [0.05, 0.1) is 5.73 Å². The maximum atomic E-state index is 5.75. The van der Waals surface area contributed by atoms with Gasteiger partial charge >= 0.3 is 0 Å². The van der Waals surface area contributed by atoms with Crippen molar-refractivity contribution in [1.29, 1.82) is 0 Å². The molecule has 1 radical (unpaired) electrons. The van der Waals surface area contributed by atoms with Crippen LogP contribution in [0.15, 0.2) is 0 Å². The molecule has 10 heavy (non-hydrogen) atoms. The van der Waals surface area contributed by atoms with E-state index >= 15 is 0 Å². The molecule has 0 aromatic heterocycles. The van der Waals surface area contributed by atoms with Gasteiger partial charge in [-0.25, -0.2) is 0 Å². The van der Waals surface area contributed by atoms with Crippen molar-refractivity contribution >= 4 is 9.04 Å². The van der Waals surface area contributed by atoms with E-state index in [1.165, 1.54) is 18.9 Å². The zero-order valence-electron chi connectivity index (χ0n) is 6.52. The lowest BCUT2D eigenvalue weighted by molar-refractivity contribution is -0.129. The molecule has 0 aromatic rings. The molecule has 2 heterocycles. The highest BCUT2D eigenvalue weighted by Crippen LogP contribution is 2.35. The van der Waals surface area contributed by atoms with E-state index in [4.69, 9.17) is 9.16 Å². The van der Waals surface area contributed by atoms with Gasteiger partial charge in [0, 0.05) is 0 Å². The first kappa shape index (κ1) is 6.82. The molecule has 2 saturated heterocycles. The second kappa shape index (κ2) is 2.06. The summed E-state index contributed by atoms with van der Waals surface area (Å²) in [4.78, 5) is 0. The van der Waals surface area contributed by atoms with Crippen molar-refractivity contribution in [2.75, 3.05) is 0 Å². The van der Waals surface area contributed by atoms with Crippen molar-refractivity contribution < 1.29 is 9.16 Å². The van der Waals surface area contributed by atoms with Gasteiger partial charge in [-0.05, 0) is 26.3 Å². The Labute approximate surface area is 63.2 Å². The monoisotopic (exact) mass is 157 g/mol. The van der Waals surface area contributed by atoms with Crippen molar-refractivity contribution in [1.82, 2.24) is 0 Å². The summed E-state index contributed by atoms with van der Waals surface area (Å²) in [5.41, 5.74) is 0.500. The maximum Gasteiger partial charge on any atom is 0.245 e. The van der Waals surface area contributed by atoms with Crippen molar-refractivity contribution in [3.8, 4) is 0 Å². The SMILES string of the molecule is CC1(C)OC2CCC[Si]2O1. The maximum absolute atomic E-state index is 5.75. The van der Waals surface area contributed by atoms with Crippen LogP contribution in [0.25, 0.3) is 0 Å². The lowest BCUT2D eigenvalue weighted by atomic mass is 10.3. The Morgan fingerprint density at radius 3 is 3.00 bits per heavy atom. The predicted octanol–water partition coefficient (Wildman–Crippen LogP) is 1.46. The molecule has 0 amide bonds. The Bertz CT molecular complexity index is 133. The molecule has 2 aliphatic heterocycles. The van der Waals surface area contributed by atoms with Crippen LogP contribution in [0.5, 0.6) is 0 Å². The van der Waals surface area contributed by atoms with Crippen molar-refractivity contribution in [3.05, 3.63) is 0 Å². The summed E-state index contributed by atoms with van der Waals surface area (Å²) in [6, 6.07) is 1.29. The van der Waals surface area contributed by atoms with Crippen LogP contribution in [0.2, 0.25) is 6.04 Å². The molecule has 2 fully saturated rings. The topological polar surface area (TPSA) is 18.5 Å². The second-order valence-corrected chi connectivity index (χ2v) is 5.75. The summed E-state index contributed by atoms with van der Waals surface area (Å²) in [5.74, 6) is -0.265. The van der Waals surface area contributed by atoms with E-state index in [-0.39, 0.29) is 5.79 Å². The van der Waals surface area contributed by atoms with Gasteiger partial charge in [0.25, 0.3) is 0 Å². The average Bonchev–Trinajstić information content (AvgIpc) is 2.20. The molecule has 0 N–H and O–H groups in total. The van der Waals surface area contributed by atoms with Crippen LogP contribution >= 0.6 is 0 Å². The first-order chi connectivity index (χ1) is 4.67. The first-order valence-electron chi connectivity index (χ1n) is 3.90. The fraction of sp³-hybridized carbons (Fsp3) is 1.00.